The second kappa shape index (κ2) is 14.7. The highest BCUT2D eigenvalue weighted by Gasteiger charge is 2.21. The quantitative estimate of drug-likeness (QED) is 0.155. The van der Waals surface area contributed by atoms with Gasteiger partial charge in [0.1, 0.15) is 17.8 Å². The third-order valence-corrected chi connectivity index (χ3v) is 5.01. The molecule has 0 radical (unpaired) electrons. The molecule has 0 aliphatic carbocycles. The molecule has 36 heavy (non-hydrogen) atoms. The average molecular weight is 525 g/mol. The van der Waals surface area contributed by atoms with Crippen LogP contribution in [0.15, 0.2) is 36.4 Å². The first-order valence-electron chi connectivity index (χ1n) is 12.2. The second-order valence-corrected chi connectivity index (χ2v) is 11.0. The lowest BCUT2D eigenvalue weighted by Gasteiger charge is -2.23. The van der Waals surface area contributed by atoms with Gasteiger partial charge >= 0.3 is 18.2 Å². The summed E-state index contributed by atoms with van der Waals surface area (Å²) in [6.07, 6.45) is 4.41. The molecule has 202 valence electrons. The van der Waals surface area contributed by atoms with Crippen LogP contribution in [0.3, 0.4) is 0 Å². The molecule has 0 spiro atoms. The Hall–Kier alpha value is -2.74. The molecule has 1 aromatic rings. The van der Waals surface area contributed by atoms with Crippen molar-refractivity contribution >= 4 is 29.8 Å². The number of carbonyl (C=O) groups excluding carboxylic acids is 3. The number of ether oxygens (including phenoxy) is 3. The summed E-state index contributed by atoms with van der Waals surface area (Å²) in [6, 6.07) is 6.82. The van der Waals surface area contributed by atoms with E-state index in [2.05, 4.69) is 10.6 Å². The molecule has 0 unspecified atom stereocenters. The zero-order chi connectivity index (χ0) is 27.4. The Morgan fingerprint density at radius 2 is 1.58 bits per heavy atom. The zero-order valence-electron chi connectivity index (χ0n) is 22.5. The van der Waals surface area contributed by atoms with E-state index in [4.69, 9.17) is 25.8 Å². The van der Waals surface area contributed by atoms with E-state index >= 15 is 0 Å². The minimum Gasteiger partial charge on any atom is -0.460 e. The van der Waals surface area contributed by atoms with Gasteiger partial charge < -0.3 is 24.8 Å². The molecule has 0 saturated heterocycles. The van der Waals surface area contributed by atoms with Gasteiger partial charge in [0.05, 0.1) is 12.0 Å². The second-order valence-electron chi connectivity index (χ2n) is 10.5. The van der Waals surface area contributed by atoms with E-state index in [-0.39, 0.29) is 18.6 Å². The maximum absolute atomic E-state index is 12.3. The number of hydrogen-bond donors (Lipinski definition) is 2. The predicted octanol–water partition coefficient (Wildman–Crippen LogP) is 6.16. The molecule has 0 fully saturated rings. The van der Waals surface area contributed by atoms with E-state index in [1.165, 1.54) is 0 Å². The van der Waals surface area contributed by atoms with E-state index in [0.717, 1.165) is 5.56 Å². The fourth-order valence-corrected chi connectivity index (χ4v) is 3.13. The van der Waals surface area contributed by atoms with Crippen molar-refractivity contribution in [1.82, 2.24) is 10.6 Å². The largest absolute Gasteiger partial charge is 0.460 e. The molecule has 1 rings (SSSR count). The van der Waals surface area contributed by atoms with E-state index in [9.17, 15) is 14.4 Å². The maximum atomic E-state index is 12.3. The molecule has 0 aliphatic heterocycles. The first kappa shape index (κ1) is 31.3. The van der Waals surface area contributed by atoms with Gasteiger partial charge in [0.15, 0.2) is 0 Å². The maximum Gasteiger partial charge on any atom is 0.408 e. The number of halogens is 1. The van der Waals surface area contributed by atoms with Crippen LogP contribution in [0.25, 0.3) is 0 Å². The number of amides is 2. The predicted molar refractivity (Wildman–Crippen MR) is 141 cm³/mol. The summed E-state index contributed by atoms with van der Waals surface area (Å²) in [5.41, 5.74) is -0.469. The Morgan fingerprint density at radius 3 is 2.19 bits per heavy atom. The zero-order valence-corrected chi connectivity index (χ0v) is 23.2. The van der Waals surface area contributed by atoms with Gasteiger partial charge in [-0.3, -0.25) is 4.79 Å². The van der Waals surface area contributed by atoms with Crippen molar-refractivity contribution in [3.63, 3.8) is 0 Å². The van der Waals surface area contributed by atoms with Gasteiger partial charge in [-0.2, -0.15) is 0 Å². The summed E-state index contributed by atoms with van der Waals surface area (Å²) in [6.45, 7) is 13.1. The highest BCUT2D eigenvalue weighted by atomic mass is 35.5. The molecule has 1 aromatic carbocycles. The molecule has 2 N–H and O–H groups in total. The van der Waals surface area contributed by atoms with Gasteiger partial charge in [-0.15, -0.1) is 0 Å². The summed E-state index contributed by atoms with van der Waals surface area (Å²) < 4.78 is 16.0. The van der Waals surface area contributed by atoms with Crippen molar-refractivity contribution in [1.29, 1.82) is 0 Å². The summed E-state index contributed by atoms with van der Waals surface area (Å²) in [7, 11) is 0. The van der Waals surface area contributed by atoms with Crippen molar-refractivity contribution in [3.05, 3.63) is 47.0 Å². The van der Waals surface area contributed by atoms with Crippen molar-refractivity contribution < 1.29 is 28.6 Å². The lowest BCUT2D eigenvalue weighted by molar-refractivity contribution is -0.157. The highest BCUT2D eigenvalue weighted by Crippen LogP contribution is 2.16. The van der Waals surface area contributed by atoms with Crippen LogP contribution in [0.1, 0.15) is 73.3 Å². The van der Waals surface area contributed by atoms with Crippen LogP contribution in [0.5, 0.6) is 0 Å². The minimum atomic E-state index is -0.629. The Bertz CT molecular complexity index is 889. The van der Waals surface area contributed by atoms with Gasteiger partial charge in [0, 0.05) is 17.1 Å². The van der Waals surface area contributed by atoms with Crippen LogP contribution in [-0.2, 0) is 25.6 Å². The molecule has 0 aromatic heterocycles. The fraction of sp³-hybridized carbons (Fsp3) is 0.593. The monoisotopic (exact) mass is 524 g/mol. The van der Waals surface area contributed by atoms with E-state index in [1.54, 1.807) is 52.0 Å². The van der Waals surface area contributed by atoms with Gasteiger partial charge in [0.2, 0.25) is 0 Å². The van der Waals surface area contributed by atoms with Gasteiger partial charge in [-0.05, 0) is 73.8 Å². The number of benzene rings is 1. The first-order chi connectivity index (χ1) is 16.7. The lowest BCUT2D eigenvalue weighted by Crippen LogP contribution is -2.38. The van der Waals surface area contributed by atoms with Crippen molar-refractivity contribution in [2.45, 2.75) is 91.6 Å². The average Bonchev–Trinajstić information content (AvgIpc) is 2.73. The molecule has 2 amide bonds. The van der Waals surface area contributed by atoms with Crippen LogP contribution < -0.4 is 10.6 Å². The molecular weight excluding hydrogens is 484 g/mol. The Balaban J connectivity index is 2.54. The summed E-state index contributed by atoms with van der Waals surface area (Å²) >= 11 is 6.06. The minimum absolute atomic E-state index is 0.0913. The molecule has 9 heteroatoms. The van der Waals surface area contributed by atoms with E-state index < -0.39 is 29.3 Å². The molecule has 2 atom stereocenters. The summed E-state index contributed by atoms with van der Waals surface area (Å²) in [5.74, 6) is -0.809. The van der Waals surface area contributed by atoms with Gasteiger partial charge in [-0.25, -0.2) is 9.59 Å². The third kappa shape index (κ3) is 14.6. The molecular formula is C27H41ClN2O6. The number of hydrogen-bond acceptors (Lipinski definition) is 6. The number of nitrogens with one attached hydrogen (secondary N) is 2. The molecule has 0 saturated carbocycles. The highest BCUT2D eigenvalue weighted by molar-refractivity contribution is 6.31. The lowest BCUT2D eigenvalue weighted by atomic mass is 10.1. The van der Waals surface area contributed by atoms with Crippen LogP contribution in [-0.4, -0.2) is 41.9 Å². The topological polar surface area (TPSA) is 103 Å². The number of rotatable bonds is 11. The molecule has 8 nitrogen and oxygen atoms in total. The SMILES string of the molecule is C[C@H](/C=C/[C@@H](CCCCNC(=O)OCc1ccccc1Cl)NC(=O)OC(C)(C)C)C(=O)OC(C)(C)C. The summed E-state index contributed by atoms with van der Waals surface area (Å²) in [4.78, 5) is 36.5. The Labute approximate surface area is 220 Å². The smallest absolute Gasteiger partial charge is 0.408 e. The number of esters is 1. The van der Waals surface area contributed by atoms with Crippen LogP contribution in [0, 0.1) is 5.92 Å². The van der Waals surface area contributed by atoms with Crippen LogP contribution in [0.2, 0.25) is 5.02 Å². The third-order valence-electron chi connectivity index (χ3n) is 4.64. The Morgan fingerprint density at radius 1 is 0.944 bits per heavy atom. The first-order valence-corrected chi connectivity index (χ1v) is 12.6. The van der Waals surface area contributed by atoms with E-state index in [0.29, 0.717) is 30.8 Å². The fourth-order valence-electron chi connectivity index (χ4n) is 2.94. The van der Waals surface area contributed by atoms with Crippen molar-refractivity contribution in [2.24, 2.45) is 5.92 Å². The van der Waals surface area contributed by atoms with Crippen molar-refractivity contribution in [3.8, 4) is 0 Å². The van der Waals surface area contributed by atoms with E-state index in [1.807, 2.05) is 32.9 Å². The number of carbonyl (C=O) groups is 3. The number of alkyl carbamates (subject to hydrolysis) is 2. The molecule has 0 aliphatic rings. The van der Waals surface area contributed by atoms with Gasteiger partial charge in [0.25, 0.3) is 0 Å². The number of unbranched alkanes of at least 4 members (excludes halogenated alkanes) is 1. The molecule has 0 bridgehead atoms. The normalized spacial score (nSPS) is 13.6. The van der Waals surface area contributed by atoms with Crippen molar-refractivity contribution in [2.75, 3.05) is 6.54 Å². The summed E-state index contributed by atoms with van der Waals surface area (Å²) in [5, 5.41) is 6.09. The molecule has 0 heterocycles. The van der Waals surface area contributed by atoms with Crippen LogP contribution in [0.4, 0.5) is 9.59 Å². The van der Waals surface area contributed by atoms with Crippen LogP contribution >= 0.6 is 11.6 Å². The Kier molecular flexibility index (Phi) is 12.8. The standard InChI is InChI=1S/C27H41ClN2O6/c1-19(23(31)35-26(2,3)4)15-16-21(30-25(33)36-27(5,6)7)13-10-11-17-29-24(32)34-18-20-12-8-9-14-22(20)28/h8-9,12,14-16,19,21H,10-11,13,17-18H2,1-7H3,(H,29,32)(H,30,33)/b16-15+/t19-,21-/m1/s1. The van der Waals surface area contributed by atoms with Gasteiger partial charge in [-0.1, -0.05) is 42.0 Å².